The Morgan fingerprint density at radius 1 is 1.14 bits per heavy atom. The van der Waals surface area contributed by atoms with E-state index in [2.05, 4.69) is 4.72 Å². The minimum Gasteiger partial charge on any atom is -0.496 e. The normalized spacial score (nSPS) is 11.5. The van der Waals surface area contributed by atoms with E-state index in [1.807, 2.05) is 13.8 Å². The summed E-state index contributed by atoms with van der Waals surface area (Å²) >= 11 is 0. The number of methoxy groups -OCH3 is 1. The second kappa shape index (κ2) is 6.36. The van der Waals surface area contributed by atoms with Crippen molar-refractivity contribution in [3.8, 4) is 5.75 Å². The first-order valence-electron chi connectivity index (χ1n) is 6.80. The number of sulfonamides is 1. The van der Waals surface area contributed by atoms with E-state index in [0.717, 1.165) is 11.6 Å². The smallest absolute Gasteiger partial charge is 0.261 e. The van der Waals surface area contributed by atoms with Gasteiger partial charge in [-0.25, -0.2) is 12.8 Å². The molecule has 2 aromatic carbocycles. The molecule has 118 valence electrons. The van der Waals surface area contributed by atoms with Crippen molar-refractivity contribution in [2.45, 2.75) is 24.7 Å². The molecular formula is C16H18FNO3S. The summed E-state index contributed by atoms with van der Waals surface area (Å²) in [5, 5.41) is 0. The molecule has 0 radical (unpaired) electrons. The van der Waals surface area contributed by atoms with Gasteiger partial charge in [0.25, 0.3) is 10.0 Å². The first kappa shape index (κ1) is 16.3. The molecule has 2 rings (SSSR count). The number of hydrogen-bond donors (Lipinski definition) is 1. The molecule has 0 unspecified atom stereocenters. The number of hydrogen-bond acceptors (Lipinski definition) is 3. The fraction of sp³-hybridized carbons (Fsp3) is 0.250. The van der Waals surface area contributed by atoms with Crippen molar-refractivity contribution < 1.29 is 17.5 Å². The maximum Gasteiger partial charge on any atom is 0.261 e. The highest BCUT2D eigenvalue weighted by Crippen LogP contribution is 2.29. The Hall–Kier alpha value is -2.08. The van der Waals surface area contributed by atoms with Crippen LogP contribution in [0.4, 0.5) is 10.1 Å². The number of benzene rings is 2. The highest BCUT2D eigenvalue weighted by atomic mass is 32.2. The molecule has 0 bridgehead atoms. The van der Waals surface area contributed by atoms with Crippen LogP contribution in [0.3, 0.4) is 0 Å². The van der Waals surface area contributed by atoms with Crippen LogP contribution >= 0.6 is 0 Å². The van der Waals surface area contributed by atoms with Gasteiger partial charge in [0.2, 0.25) is 0 Å². The van der Waals surface area contributed by atoms with Crippen LogP contribution < -0.4 is 9.46 Å². The lowest BCUT2D eigenvalue weighted by Crippen LogP contribution is -2.13. The van der Waals surface area contributed by atoms with Gasteiger partial charge in [0, 0.05) is 0 Å². The van der Waals surface area contributed by atoms with Gasteiger partial charge in [0.05, 0.1) is 17.7 Å². The molecule has 2 aromatic rings. The molecular weight excluding hydrogens is 305 g/mol. The van der Waals surface area contributed by atoms with Crippen LogP contribution in [-0.4, -0.2) is 15.5 Å². The van der Waals surface area contributed by atoms with E-state index in [9.17, 15) is 12.8 Å². The second-order valence-corrected chi connectivity index (χ2v) is 6.86. The third-order valence-electron chi connectivity index (χ3n) is 3.21. The molecule has 4 nitrogen and oxygen atoms in total. The minimum atomic E-state index is -3.78. The summed E-state index contributed by atoms with van der Waals surface area (Å²) in [5.74, 6) is 0.247. The Labute approximate surface area is 130 Å². The maximum atomic E-state index is 13.2. The standard InChI is InChI=1S/C16H18FNO3S/c1-11(2)15-10-14(7-8-16(15)21-3)22(19,20)18-13-6-4-5-12(17)9-13/h4-11,18H,1-3H3. The van der Waals surface area contributed by atoms with Gasteiger partial charge in [-0.1, -0.05) is 19.9 Å². The largest absolute Gasteiger partial charge is 0.496 e. The third kappa shape index (κ3) is 3.57. The van der Waals surface area contributed by atoms with E-state index < -0.39 is 15.8 Å². The lowest BCUT2D eigenvalue weighted by atomic mass is 10.0. The number of anilines is 1. The van der Waals surface area contributed by atoms with Crippen LogP contribution in [0.5, 0.6) is 5.75 Å². The lowest BCUT2D eigenvalue weighted by Gasteiger charge is -2.14. The molecule has 0 aliphatic carbocycles. The Morgan fingerprint density at radius 3 is 2.45 bits per heavy atom. The Bertz CT molecular complexity index is 773. The molecule has 0 saturated heterocycles. The van der Waals surface area contributed by atoms with Crippen LogP contribution in [0.1, 0.15) is 25.3 Å². The van der Waals surface area contributed by atoms with Crippen molar-refractivity contribution in [3.05, 3.63) is 53.8 Å². The summed E-state index contributed by atoms with van der Waals surface area (Å²) in [5.41, 5.74) is 0.978. The average molecular weight is 323 g/mol. The van der Waals surface area contributed by atoms with Gasteiger partial charge in [-0.05, 0) is 47.9 Å². The van der Waals surface area contributed by atoms with E-state index in [1.54, 1.807) is 19.2 Å². The average Bonchev–Trinajstić information content (AvgIpc) is 2.46. The van der Waals surface area contributed by atoms with Gasteiger partial charge in [-0.3, -0.25) is 4.72 Å². The maximum absolute atomic E-state index is 13.2. The zero-order valence-corrected chi connectivity index (χ0v) is 13.4. The topological polar surface area (TPSA) is 55.4 Å². The van der Waals surface area contributed by atoms with Crippen molar-refractivity contribution in [1.82, 2.24) is 0 Å². The Balaban J connectivity index is 2.39. The summed E-state index contributed by atoms with van der Waals surface area (Å²) in [7, 11) is -2.24. The fourth-order valence-corrected chi connectivity index (χ4v) is 3.18. The van der Waals surface area contributed by atoms with Crippen LogP contribution in [0.2, 0.25) is 0 Å². The van der Waals surface area contributed by atoms with Gasteiger partial charge in [0.15, 0.2) is 0 Å². The molecule has 0 saturated carbocycles. The summed E-state index contributed by atoms with van der Waals surface area (Å²) in [6, 6.07) is 9.98. The Kier molecular flexibility index (Phi) is 4.71. The summed E-state index contributed by atoms with van der Waals surface area (Å²) in [6.07, 6.45) is 0. The number of rotatable bonds is 5. The number of halogens is 1. The molecule has 0 aliphatic heterocycles. The summed E-state index contributed by atoms with van der Waals surface area (Å²) in [4.78, 5) is 0.112. The molecule has 0 amide bonds. The van der Waals surface area contributed by atoms with Crippen molar-refractivity contribution in [2.24, 2.45) is 0 Å². The first-order valence-corrected chi connectivity index (χ1v) is 8.28. The Morgan fingerprint density at radius 2 is 1.86 bits per heavy atom. The lowest BCUT2D eigenvalue weighted by molar-refractivity contribution is 0.407. The second-order valence-electron chi connectivity index (χ2n) is 5.17. The van der Waals surface area contributed by atoms with E-state index in [1.165, 1.54) is 24.3 Å². The predicted octanol–water partition coefficient (Wildman–Crippen LogP) is 3.76. The predicted molar refractivity (Wildman–Crippen MR) is 84.3 cm³/mol. The minimum absolute atomic E-state index is 0.110. The SMILES string of the molecule is COc1ccc(S(=O)(=O)Nc2cccc(F)c2)cc1C(C)C. The van der Waals surface area contributed by atoms with E-state index >= 15 is 0 Å². The fourth-order valence-electron chi connectivity index (χ4n) is 2.10. The van der Waals surface area contributed by atoms with Crippen molar-refractivity contribution in [2.75, 3.05) is 11.8 Å². The van der Waals surface area contributed by atoms with Crippen molar-refractivity contribution in [3.63, 3.8) is 0 Å². The highest BCUT2D eigenvalue weighted by Gasteiger charge is 2.18. The molecule has 0 fully saturated rings. The quantitative estimate of drug-likeness (QED) is 0.911. The van der Waals surface area contributed by atoms with E-state index in [0.29, 0.717) is 5.75 Å². The van der Waals surface area contributed by atoms with E-state index in [-0.39, 0.29) is 16.5 Å². The number of ether oxygens (including phenoxy) is 1. The third-order valence-corrected chi connectivity index (χ3v) is 4.59. The van der Waals surface area contributed by atoms with Gasteiger partial charge < -0.3 is 4.74 Å². The molecule has 0 heterocycles. The van der Waals surface area contributed by atoms with Crippen LogP contribution in [0.25, 0.3) is 0 Å². The molecule has 6 heteroatoms. The number of nitrogens with one attached hydrogen (secondary N) is 1. The van der Waals surface area contributed by atoms with Crippen LogP contribution in [-0.2, 0) is 10.0 Å². The highest BCUT2D eigenvalue weighted by molar-refractivity contribution is 7.92. The van der Waals surface area contributed by atoms with E-state index in [4.69, 9.17) is 4.74 Å². The van der Waals surface area contributed by atoms with Crippen molar-refractivity contribution >= 4 is 15.7 Å². The van der Waals surface area contributed by atoms with Crippen LogP contribution in [0.15, 0.2) is 47.4 Å². The molecule has 22 heavy (non-hydrogen) atoms. The molecule has 1 N–H and O–H groups in total. The monoisotopic (exact) mass is 323 g/mol. The molecule has 0 aromatic heterocycles. The summed E-state index contributed by atoms with van der Waals surface area (Å²) in [6.45, 7) is 3.91. The van der Waals surface area contributed by atoms with Gasteiger partial charge in [-0.2, -0.15) is 0 Å². The molecule has 0 spiro atoms. The van der Waals surface area contributed by atoms with Crippen LogP contribution in [0, 0.1) is 5.82 Å². The van der Waals surface area contributed by atoms with Gasteiger partial charge >= 0.3 is 0 Å². The first-order chi connectivity index (χ1) is 10.3. The van der Waals surface area contributed by atoms with Gasteiger partial charge in [-0.15, -0.1) is 0 Å². The molecule has 0 atom stereocenters. The summed E-state index contributed by atoms with van der Waals surface area (Å²) < 4.78 is 45.6. The zero-order chi connectivity index (χ0) is 16.3. The van der Waals surface area contributed by atoms with Crippen molar-refractivity contribution in [1.29, 1.82) is 0 Å². The van der Waals surface area contributed by atoms with Gasteiger partial charge in [0.1, 0.15) is 11.6 Å². The molecule has 0 aliphatic rings. The zero-order valence-electron chi connectivity index (χ0n) is 12.6.